The summed E-state index contributed by atoms with van der Waals surface area (Å²) in [6.07, 6.45) is 8.55. The molecule has 0 aromatic heterocycles. The van der Waals surface area contributed by atoms with E-state index in [1.165, 1.54) is 0 Å². The third-order valence-electron chi connectivity index (χ3n) is 6.30. The molecule has 0 aromatic rings. The minimum atomic E-state index is -0.922. The van der Waals surface area contributed by atoms with Crippen LogP contribution >= 0.6 is 0 Å². The van der Waals surface area contributed by atoms with Crippen molar-refractivity contribution < 1.29 is 38.9 Å². The first-order valence-corrected chi connectivity index (χ1v) is 11.2. The first-order valence-electron chi connectivity index (χ1n) is 11.2. The van der Waals surface area contributed by atoms with Crippen LogP contribution in [-0.4, -0.2) is 47.3 Å². The predicted octanol–water partition coefficient (Wildman–Crippen LogP) is 3.42. The van der Waals surface area contributed by atoms with Gasteiger partial charge >= 0.3 is 23.9 Å². The molecule has 4 atom stereocenters. The number of hydrogen-bond donors (Lipinski definition) is 2. The topological polar surface area (TPSA) is 127 Å². The SMILES string of the molecule is O=C(O)C1CCCCC1C(=O)OCCCCCCOC(=O)C1CCCCC1C(=O)O. The normalized spacial score (nSPS) is 26.5. The molecule has 0 heterocycles. The Kier molecular flexibility index (Phi) is 10.1. The zero-order valence-electron chi connectivity index (χ0n) is 17.6. The predicted molar refractivity (Wildman–Crippen MR) is 107 cm³/mol. The van der Waals surface area contributed by atoms with Crippen molar-refractivity contribution in [2.75, 3.05) is 13.2 Å². The zero-order chi connectivity index (χ0) is 21.9. The number of carbonyl (C=O) groups excluding carboxylic acids is 2. The number of unbranched alkanes of at least 4 members (excludes halogenated alkanes) is 3. The maximum absolute atomic E-state index is 12.2. The van der Waals surface area contributed by atoms with Crippen molar-refractivity contribution in [2.24, 2.45) is 23.7 Å². The second-order valence-corrected chi connectivity index (χ2v) is 8.42. The number of carbonyl (C=O) groups is 4. The van der Waals surface area contributed by atoms with Crippen LogP contribution in [0.5, 0.6) is 0 Å². The van der Waals surface area contributed by atoms with E-state index in [1.807, 2.05) is 0 Å². The number of aliphatic carboxylic acids is 2. The van der Waals surface area contributed by atoms with Crippen LogP contribution in [0.15, 0.2) is 0 Å². The van der Waals surface area contributed by atoms with E-state index in [2.05, 4.69) is 0 Å². The van der Waals surface area contributed by atoms with Crippen molar-refractivity contribution in [3.8, 4) is 0 Å². The number of rotatable bonds is 11. The van der Waals surface area contributed by atoms with Gasteiger partial charge in [0.05, 0.1) is 36.9 Å². The molecule has 2 N–H and O–H groups in total. The fourth-order valence-electron chi connectivity index (χ4n) is 4.53. The van der Waals surface area contributed by atoms with Gasteiger partial charge in [-0.2, -0.15) is 0 Å². The maximum Gasteiger partial charge on any atom is 0.309 e. The lowest BCUT2D eigenvalue weighted by atomic mass is 9.79. The average molecular weight is 427 g/mol. The van der Waals surface area contributed by atoms with Crippen molar-refractivity contribution in [1.29, 1.82) is 0 Å². The van der Waals surface area contributed by atoms with Crippen LogP contribution in [0, 0.1) is 23.7 Å². The van der Waals surface area contributed by atoms with Crippen molar-refractivity contribution >= 4 is 23.9 Å². The largest absolute Gasteiger partial charge is 0.481 e. The molecule has 30 heavy (non-hydrogen) atoms. The highest BCUT2D eigenvalue weighted by atomic mass is 16.5. The van der Waals surface area contributed by atoms with Gasteiger partial charge in [-0.05, 0) is 51.4 Å². The van der Waals surface area contributed by atoms with Crippen LogP contribution in [0.3, 0.4) is 0 Å². The fourth-order valence-corrected chi connectivity index (χ4v) is 4.53. The molecule has 8 heteroatoms. The molecule has 0 aromatic carbocycles. The second-order valence-electron chi connectivity index (χ2n) is 8.42. The Morgan fingerprint density at radius 3 is 1.23 bits per heavy atom. The van der Waals surface area contributed by atoms with Gasteiger partial charge in [0.15, 0.2) is 0 Å². The molecule has 0 spiro atoms. The van der Waals surface area contributed by atoms with Gasteiger partial charge < -0.3 is 19.7 Å². The van der Waals surface area contributed by atoms with Crippen LogP contribution in [0.1, 0.15) is 77.0 Å². The Balaban J connectivity index is 1.54. The summed E-state index contributed by atoms with van der Waals surface area (Å²) in [4.78, 5) is 46.9. The minimum absolute atomic E-state index is 0.268. The quantitative estimate of drug-likeness (QED) is 0.380. The van der Waals surface area contributed by atoms with Crippen LogP contribution in [0.25, 0.3) is 0 Å². The molecule has 2 fully saturated rings. The van der Waals surface area contributed by atoms with Gasteiger partial charge in [-0.3, -0.25) is 19.2 Å². The van der Waals surface area contributed by atoms with Gasteiger partial charge in [-0.15, -0.1) is 0 Å². The molecule has 2 rings (SSSR count). The third-order valence-corrected chi connectivity index (χ3v) is 6.30. The van der Waals surface area contributed by atoms with Crippen molar-refractivity contribution in [3.05, 3.63) is 0 Å². The molecule has 8 nitrogen and oxygen atoms in total. The zero-order valence-corrected chi connectivity index (χ0v) is 17.6. The highest BCUT2D eigenvalue weighted by molar-refractivity contribution is 5.82. The van der Waals surface area contributed by atoms with E-state index in [0.29, 0.717) is 38.5 Å². The van der Waals surface area contributed by atoms with Gasteiger partial charge in [0, 0.05) is 0 Å². The molecule has 0 saturated heterocycles. The van der Waals surface area contributed by atoms with E-state index in [0.717, 1.165) is 38.5 Å². The Morgan fingerprint density at radius 1 is 0.567 bits per heavy atom. The van der Waals surface area contributed by atoms with E-state index < -0.39 is 47.5 Å². The molecule has 0 radical (unpaired) electrons. The van der Waals surface area contributed by atoms with E-state index in [9.17, 15) is 29.4 Å². The summed E-state index contributed by atoms with van der Waals surface area (Å²) < 4.78 is 10.6. The standard InChI is InChI=1S/C22H34O8/c23-19(24)15-9-3-5-11-17(15)21(27)29-13-7-1-2-8-14-30-22(28)18-12-6-4-10-16(18)20(25)26/h15-18H,1-14H2,(H,23,24)(H,25,26). The molecule has 2 aliphatic rings. The summed E-state index contributed by atoms with van der Waals surface area (Å²) in [6, 6.07) is 0. The van der Waals surface area contributed by atoms with Crippen molar-refractivity contribution in [3.63, 3.8) is 0 Å². The molecular formula is C22H34O8. The lowest BCUT2D eigenvalue weighted by Crippen LogP contribution is -2.34. The minimum Gasteiger partial charge on any atom is -0.481 e. The van der Waals surface area contributed by atoms with Gasteiger partial charge in [-0.1, -0.05) is 25.7 Å². The number of carboxylic acids is 2. The van der Waals surface area contributed by atoms with Gasteiger partial charge in [0.2, 0.25) is 0 Å². The lowest BCUT2D eigenvalue weighted by molar-refractivity contribution is -0.160. The van der Waals surface area contributed by atoms with Crippen molar-refractivity contribution in [2.45, 2.75) is 77.0 Å². The van der Waals surface area contributed by atoms with Crippen molar-refractivity contribution in [1.82, 2.24) is 0 Å². The van der Waals surface area contributed by atoms with Crippen LogP contribution in [0.4, 0.5) is 0 Å². The summed E-state index contributed by atoms with van der Waals surface area (Å²) in [5, 5.41) is 18.5. The maximum atomic E-state index is 12.2. The molecule has 0 aliphatic heterocycles. The Bertz CT molecular complexity index is 550. The molecule has 170 valence electrons. The molecule has 2 saturated carbocycles. The molecular weight excluding hydrogens is 392 g/mol. The summed E-state index contributed by atoms with van der Waals surface area (Å²) >= 11 is 0. The van der Waals surface area contributed by atoms with E-state index in [-0.39, 0.29) is 13.2 Å². The van der Waals surface area contributed by atoms with Gasteiger partial charge in [-0.25, -0.2) is 0 Å². The number of esters is 2. The molecule has 2 aliphatic carbocycles. The third kappa shape index (κ3) is 7.29. The van der Waals surface area contributed by atoms with Crippen LogP contribution in [0.2, 0.25) is 0 Å². The number of hydrogen-bond acceptors (Lipinski definition) is 6. The van der Waals surface area contributed by atoms with Gasteiger partial charge in [0.1, 0.15) is 0 Å². The Hall–Kier alpha value is -2.12. The lowest BCUT2D eigenvalue weighted by Gasteiger charge is -2.26. The van der Waals surface area contributed by atoms with E-state index in [4.69, 9.17) is 9.47 Å². The monoisotopic (exact) mass is 426 g/mol. The summed E-state index contributed by atoms with van der Waals surface area (Å²) in [6.45, 7) is 0.535. The Labute approximate surface area is 177 Å². The van der Waals surface area contributed by atoms with Crippen LogP contribution < -0.4 is 0 Å². The smallest absolute Gasteiger partial charge is 0.309 e. The second kappa shape index (κ2) is 12.5. The number of ether oxygens (including phenoxy) is 2. The molecule has 0 amide bonds. The first-order chi connectivity index (χ1) is 14.4. The molecule has 4 unspecified atom stereocenters. The summed E-state index contributed by atoms with van der Waals surface area (Å²) in [7, 11) is 0. The average Bonchev–Trinajstić information content (AvgIpc) is 2.75. The summed E-state index contributed by atoms with van der Waals surface area (Å²) in [5.74, 6) is -5.00. The first kappa shape index (κ1) is 24.2. The fraction of sp³-hybridized carbons (Fsp3) is 0.818. The van der Waals surface area contributed by atoms with E-state index >= 15 is 0 Å². The Morgan fingerprint density at radius 2 is 0.900 bits per heavy atom. The summed E-state index contributed by atoms with van der Waals surface area (Å²) in [5.41, 5.74) is 0. The van der Waals surface area contributed by atoms with E-state index in [1.54, 1.807) is 0 Å². The van der Waals surface area contributed by atoms with Crippen LogP contribution in [-0.2, 0) is 28.7 Å². The highest BCUT2D eigenvalue weighted by Gasteiger charge is 2.37. The van der Waals surface area contributed by atoms with Gasteiger partial charge in [0.25, 0.3) is 0 Å². The molecule has 0 bridgehead atoms. The highest BCUT2D eigenvalue weighted by Crippen LogP contribution is 2.32. The number of carboxylic acid groups (broad SMARTS) is 2.